The predicted molar refractivity (Wildman–Crippen MR) is 83.6 cm³/mol. The molecule has 20 heavy (non-hydrogen) atoms. The second-order valence-corrected chi connectivity index (χ2v) is 7.43. The fraction of sp³-hybridized carbons (Fsp3) is 0.733. The van der Waals surface area contributed by atoms with E-state index in [1.807, 2.05) is 0 Å². The van der Waals surface area contributed by atoms with E-state index in [2.05, 4.69) is 39.5 Å². The van der Waals surface area contributed by atoms with Crippen LogP contribution in [-0.2, 0) is 0 Å². The summed E-state index contributed by atoms with van der Waals surface area (Å²) in [7, 11) is 0. The normalized spacial score (nSPS) is 24.8. The van der Waals surface area contributed by atoms with Gasteiger partial charge in [-0.2, -0.15) is 11.8 Å². The Balaban J connectivity index is 1.42. The van der Waals surface area contributed by atoms with E-state index in [-0.39, 0.29) is 0 Å². The molecule has 0 unspecified atom stereocenters. The van der Waals surface area contributed by atoms with Gasteiger partial charge in [0.05, 0.1) is 0 Å². The molecule has 0 spiro atoms. The maximum atomic E-state index is 4.79. The van der Waals surface area contributed by atoms with E-state index in [1.54, 1.807) is 0 Å². The van der Waals surface area contributed by atoms with Gasteiger partial charge in [-0.25, -0.2) is 9.97 Å². The fourth-order valence-corrected chi connectivity index (χ4v) is 4.01. The first-order valence-corrected chi connectivity index (χ1v) is 8.87. The first-order chi connectivity index (χ1) is 9.79. The minimum atomic E-state index is 0.643. The van der Waals surface area contributed by atoms with E-state index in [9.17, 15) is 0 Å². The molecule has 0 N–H and O–H groups in total. The van der Waals surface area contributed by atoms with Crippen molar-refractivity contribution in [1.82, 2.24) is 14.9 Å². The molecule has 1 saturated carbocycles. The first-order valence-electron chi connectivity index (χ1n) is 7.72. The predicted octanol–water partition coefficient (Wildman–Crippen LogP) is 1.90. The van der Waals surface area contributed by atoms with Gasteiger partial charge in [-0.1, -0.05) is 0 Å². The molecule has 1 aliphatic carbocycles. The van der Waals surface area contributed by atoms with Gasteiger partial charge in [0.1, 0.15) is 11.6 Å². The summed E-state index contributed by atoms with van der Waals surface area (Å²) in [6.45, 7) is 6.91. The number of nitrogens with zero attached hydrogens (tertiary/aromatic N) is 4. The first kappa shape index (κ1) is 12.9. The van der Waals surface area contributed by atoms with E-state index in [4.69, 9.17) is 4.98 Å². The third-order valence-electron chi connectivity index (χ3n) is 4.55. The molecule has 4 nitrogen and oxygen atoms in total. The van der Waals surface area contributed by atoms with Gasteiger partial charge in [0.25, 0.3) is 0 Å². The summed E-state index contributed by atoms with van der Waals surface area (Å²) in [4.78, 5) is 14.5. The molecule has 1 aromatic heterocycles. The highest BCUT2D eigenvalue weighted by Gasteiger charge is 2.34. The molecule has 3 fully saturated rings. The summed E-state index contributed by atoms with van der Waals surface area (Å²) in [5, 5.41) is 0. The van der Waals surface area contributed by atoms with Crippen molar-refractivity contribution in [2.75, 3.05) is 42.6 Å². The van der Waals surface area contributed by atoms with E-state index < -0.39 is 0 Å². The lowest BCUT2D eigenvalue weighted by molar-refractivity contribution is 0.182. The van der Waals surface area contributed by atoms with Crippen LogP contribution < -0.4 is 4.90 Å². The number of thioether (sulfide) groups is 1. The Morgan fingerprint density at radius 2 is 1.90 bits per heavy atom. The molecule has 0 radical (unpaired) electrons. The molecular formula is C15H22N4S. The Morgan fingerprint density at radius 3 is 2.60 bits per heavy atom. The molecule has 2 aliphatic heterocycles. The monoisotopic (exact) mass is 290 g/mol. The van der Waals surface area contributed by atoms with Crippen molar-refractivity contribution in [3.63, 3.8) is 0 Å². The lowest BCUT2D eigenvalue weighted by atomic mass is 10.1. The number of rotatable bonds is 3. The molecule has 0 bridgehead atoms. The highest BCUT2D eigenvalue weighted by molar-refractivity contribution is 7.99. The molecule has 0 aromatic carbocycles. The zero-order valence-electron chi connectivity index (χ0n) is 12.1. The summed E-state index contributed by atoms with van der Waals surface area (Å²) >= 11 is 2.09. The molecule has 5 heteroatoms. The molecule has 3 aliphatic rings. The maximum absolute atomic E-state index is 4.79. The Morgan fingerprint density at radius 1 is 1.15 bits per heavy atom. The molecule has 1 aromatic rings. The van der Waals surface area contributed by atoms with Crippen LogP contribution in [0.3, 0.4) is 0 Å². The highest BCUT2D eigenvalue weighted by atomic mass is 32.2. The van der Waals surface area contributed by atoms with Crippen molar-refractivity contribution in [2.24, 2.45) is 0 Å². The van der Waals surface area contributed by atoms with Crippen LogP contribution in [-0.4, -0.2) is 58.6 Å². The number of hydrogen-bond donors (Lipinski definition) is 0. The molecule has 3 heterocycles. The van der Waals surface area contributed by atoms with Gasteiger partial charge >= 0.3 is 0 Å². The quantitative estimate of drug-likeness (QED) is 0.849. The van der Waals surface area contributed by atoms with Crippen molar-refractivity contribution in [2.45, 2.75) is 31.7 Å². The number of hydrogen-bond acceptors (Lipinski definition) is 5. The summed E-state index contributed by atoms with van der Waals surface area (Å²) in [6.07, 6.45) is 2.55. The van der Waals surface area contributed by atoms with E-state index in [0.29, 0.717) is 5.92 Å². The van der Waals surface area contributed by atoms with Crippen molar-refractivity contribution in [1.29, 1.82) is 0 Å². The Hall–Kier alpha value is -0.810. The van der Waals surface area contributed by atoms with Gasteiger partial charge in [0.2, 0.25) is 0 Å². The Bertz CT molecular complexity index is 491. The smallest absolute Gasteiger partial charge is 0.134 e. The lowest BCUT2D eigenvalue weighted by Gasteiger charge is -2.47. The van der Waals surface area contributed by atoms with Gasteiger partial charge in [-0.15, -0.1) is 0 Å². The second-order valence-electron chi connectivity index (χ2n) is 6.21. The number of anilines is 1. The summed E-state index contributed by atoms with van der Waals surface area (Å²) in [6, 6.07) is 2.89. The maximum Gasteiger partial charge on any atom is 0.134 e. The zero-order valence-corrected chi connectivity index (χ0v) is 12.9. The van der Waals surface area contributed by atoms with Crippen molar-refractivity contribution in [3.05, 3.63) is 17.6 Å². The van der Waals surface area contributed by atoms with Crippen LogP contribution in [0.5, 0.6) is 0 Å². The number of aromatic nitrogens is 2. The zero-order chi connectivity index (χ0) is 13.5. The SMILES string of the molecule is Cc1cc(N2CC(N3CCSCC3)C2)nc(C2CC2)n1. The molecule has 4 rings (SSSR count). The van der Waals surface area contributed by atoms with Crippen molar-refractivity contribution >= 4 is 17.6 Å². The van der Waals surface area contributed by atoms with Crippen LogP contribution in [0.1, 0.15) is 30.3 Å². The molecule has 0 atom stereocenters. The van der Waals surface area contributed by atoms with Gasteiger partial charge in [0.15, 0.2) is 0 Å². The molecular weight excluding hydrogens is 268 g/mol. The van der Waals surface area contributed by atoms with Gasteiger partial charge < -0.3 is 4.90 Å². The van der Waals surface area contributed by atoms with Crippen molar-refractivity contribution < 1.29 is 0 Å². The third-order valence-corrected chi connectivity index (χ3v) is 5.49. The lowest BCUT2D eigenvalue weighted by Crippen LogP contribution is -2.61. The van der Waals surface area contributed by atoms with Crippen LogP contribution in [0.4, 0.5) is 5.82 Å². The molecule has 0 amide bonds. The Labute approximate surface area is 125 Å². The van der Waals surface area contributed by atoms with Crippen LogP contribution >= 0.6 is 11.8 Å². The largest absolute Gasteiger partial charge is 0.353 e. The fourth-order valence-electron chi connectivity index (χ4n) is 3.08. The van der Waals surface area contributed by atoms with Gasteiger partial charge in [-0.3, -0.25) is 4.90 Å². The average molecular weight is 290 g/mol. The second kappa shape index (κ2) is 5.19. The topological polar surface area (TPSA) is 32.3 Å². The van der Waals surface area contributed by atoms with Crippen LogP contribution in [0.2, 0.25) is 0 Å². The van der Waals surface area contributed by atoms with E-state index >= 15 is 0 Å². The van der Waals surface area contributed by atoms with Crippen LogP contribution in [0.25, 0.3) is 0 Å². The third kappa shape index (κ3) is 2.53. The Kier molecular flexibility index (Phi) is 3.34. The average Bonchev–Trinajstić information content (AvgIpc) is 3.22. The highest BCUT2D eigenvalue weighted by Crippen LogP contribution is 2.39. The van der Waals surface area contributed by atoms with Crippen LogP contribution in [0, 0.1) is 6.92 Å². The minimum Gasteiger partial charge on any atom is -0.353 e. The van der Waals surface area contributed by atoms with E-state index in [1.165, 1.54) is 37.4 Å². The van der Waals surface area contributed by atoms with E-state index in [0.717, 1.165) is 36.5 Å². The summed E-state index contributed by atoms with van der Waals surface area (Å²) in [5.74, 6) is 5.48. The standard InChI is InChI=1S/C15H22N4S/c1-11-8-14(17-15(16-11)12-2-3-12)19-9-13(10-19)18-4-6-20-7-5-18/h8,12-13H,2-7,9-10H2,1H3. The minimum absolute atomic E-state index is 0.643. The van der Waals surface area contributed by atoms with Gasteiger partial charge in [0, 0.05) is 61.4 Å². The number of aryl methyl sites for hydroxylation is 1. The summed E-state index contributed by atoms with van der Waals surface area (Å²) < 4.78 is 0. The molecule has 108 valence electrons. The van der Waals surface area contributed by atoms with Crippen molar-refractivity contribution in [3.8, 4) is 0 Å². The molecule has 2 saturated heterocycles. The van der Waals surface area contributed by atoms with Gasteiger partial charge in [-0.05, 0) is 19.8 Å². The van der Waals surface area contributed by atoms with Crippen LogP contribution in [0.15, 0.2) is 6.07 Å². The summed E-state index contributed by atoms with van der Waals surface area (Å²) in [5.41, 5.74) is 1.12.